The highest BCUT2D eigenvalue weighted by molar-refractivity contribution is 6.31. The third kappa shape index (κ3) is 4.33. The lowest BCUT2D eigenvalue weighted by Crippen LogP contribution is -2.13. The maximum atomic E-state index is 13.1. The van der Waals surface area contributed by atoms with Gasteiger partial charge in [0.2, 0.25) is 0 Å². The van der Waals surface area contributed by atoms with Gasteiger partial charge in [0.05, 0.1) is 11.9 Å². The zero-order valence-corrected chi connectivity index (χ0v) is 14.1. The van der Waals surface area contributed by atoms with Crippen molar-refractivity contribution in [2.75, 3.05) is 10.6 Å². The lowest BCUT2D eigenvalue weighted by Gasteiger charge is -2.09. The van der Waals surface area contributed by atoms with Crippen molar-refractivity contribution in [2.45, 2.75) is 6.92 Å². The van der Waals surface area contributed by atoms with Gasteiger partial charge < -0.3 is 10.6 Å². The number of nitrogens with zero attached hydrogens (tertiary/aromatic N) is 1. The summed E-state index contributed by atoms with van der Waals surface area (Å²) in [6, 6.07) is 14.7. The van der Waals surface area contributed by atoms with Crippen molar-refractivity contribution in [2.24, 2.45) is 0 Å². The van der Waals surface area contributed by atoms with Gasteiger partial charge in [0.15, 0.2) is 0 Å². The van der Waals surface area contributed by atoms with E-state index < -0.39 is 11.7 Å². The van der Waals surface area contributed by atoms with Crippen molar-refractivity contribution in [3.05, 3.63) is 82.9 Å². The summed E-state index contributed by atoms with van der Waals surface area (Å²) in [6.45, 7) is 1.93. The molecule has 0 aliphatic heterocycles. The molecule has 6 heteroatoms. The number of aryl methyl sites for hydroxylation is 1. The average Bonchev–Trinajstić information content (AvgIpc) is 2.59. The third-order valence-electron chi connectivity index (χ3n) is 3.54. The van der Waals surface area contributed by atoms with Crippen LogP contribution in [0.15, 0.2) is 60.8 Å². The highest BCUT2D eigenvalue weighted by Crippen LogP contribution is 2.23. The highest BCUT2D eigenvalue weighted by Gasteiger charge is 2.08. The molecule has 0 atom stereocenters. The van der Waals surface area contributed by atoms with E-state index in [1.54, 1.807) is 24.4 Å². The molecule has 0 bridgehead atoms. The van der Waals surface area contributed by atoms with Crippen LogP contribution in [0.3, 0.4) is 0 Å². The molecule has 0 saturated heterocycles. The first-order valence-electron chi connectivity index (χ1n) is 7.57. The molecule has 3 aromatic rings. The fourth-order valence-electron chi connectivity index (χ4n) is 2.20. The number of aromatic nitrogens is 1. The largest absolute Gasteiger partial charge is 0.354 e. The fraction of sp³-hybridized carbons (Fsp3) is 0.0526. The van der Waals surface area contributed by atoms with Crippen molar-refractivity contribution in [3.63, 3.8) is 0 Å². The van der Waals surface area contributed by atoms with Crippen LogP contribution in [-0.4, -0.2) is 10.9 Å². The lowest BCUT2D eigenvalue weighted by atomic mass is 10.2. The van der Waals surface area contributed by atoms with Crippen LogP contribution in [0.5, 0.6) is 0 Å². The van der Waals surface area contributed by atoms with Crippen LogP contribution >= 0.6 is 11.6 Å². The SMILES string of the molecule is Cc1ccc(Nc2ccc(C(=O)Nc3cccc(F)c3)nc2)cc1Cl. The zero-order chi connectivity index (χ0) is 17.8. The number of benzene rings is 2. The molecule has 2 N–H and O–H groups in total. The van der Waals surface area contributed by atoms with E-state index in [1.165, 1.54) is 18.2 Å². The molecule has 0 unspecified atom stereocenters. The molecule has 1 amide bonds. The molecule has 25 heavy (non-hydrogen) atoms. The number of rotatable bonds is 4. The van der Waals surface area contributed by atoms with Crippen LogP contribution in [0, 0.1) is 12.7 Å². The number of halogens is 2. The molecule has 3 rings (SSSR count). The summed E-state index contributed by atoms with van der Waals surface area (Å²) in [7, 11) is 0. The van der Waals surface area contributed by atoms with Gasteiger partial charge in [-0.1, -0.05) is 23.7 Å². The first-order chi connectivity index (χ1) is 12.0. The van der Waals surface area contributed by atoms with Crippen molar-refractivity contribution < 1.29 is 9.18 Å². The second kappa shape index (κ2) is 7.32. The van der Waals surface area contributed by atoms with E-state index in [4.69, 9.17) is 11.6 Å². The maximum absolute atomic E-state index is 13.1. The first kappa shape index (κ1) is 16.9. The summed E-state index contributed by atoms with van der Waals surface area (Å²) in [4.78, 5) is 16.3. The highest BCUT2D eigenvalue weighted by atomic mass is 35.5. The summed E-state index contributed by atoms with van der Waals surface area (Å²) in [5.41, 5.74) is 3.16. The smallest absolute Gasteiger partial charge is 0.274 e. The quantitative estimate of drug-likeness (QED) is 0.678. The van der Waals surface area contributed by atoms with Gasteiger partial charge in [-0.3, -0.25) is 4.79 Å². The van der Waals surface area contributed by atoms with Crippen LogP contribution in [0.25, 0.3) is 0 Å². The molecule has 2 aromatic carbocycles. The van der Waals surface area contributed by atoms with E-state index >= 15 is 0 Å². The van der Waals surface area contributed by atoms with Crippen LogP contribution in [0.1, 0.15) is 16.1 Å². The number of hydrogen-bond donors (Lipinski definition) is 2. The number of nitrogens with one attached hydrogen (secondary N) is 2. The Balaban J connectivity index is 1.69. The van der Waals surface area contributed by atoms with E-state index in [-0.39, 0.29) is 5.69 Å². The van der Waals surface area contributed by atoms with Crippen LogP contribution in [-0.2, 0) is 0 Å². The Morgan fingerprint density at radius 1 is 1.04 bits per heavy atom. The Morgan fingerprint density at radius 2 is 1.84 bits per heavy atom. The number of anilines is 3. The third-order valence-corrected chi connectivity index (χ3v) is 3.95. The van der Waals surface area contributed by atoms with Gasteiger partial charge >= 0.3 is 0 Å². The molecular weight excluding hydrogens is 341 g/mol. The topological polar surface area (TPSA) is 54.0 Å². The number of carbonyl (C=O) groups is 1. The molecule has 0 aliphatic carbocycles. The Kier molecular flexibility index (Phi) is 4.95. The standard InChI is InChI=1S/C19H15ClFN3O/c1-12-5-6-15(10-17(12)20)23-16-7-8-18(22-11-16)19(25)24-14-4-2-3-13(21)9-14/h2-11,23H,1H3,(H,24,25). The number of pyridine rings is 1. The normalized spacial score (nSPS) is 10.4. The molecule has 0 saturated carbocycles. The zero-order valence-electron chi connectivity index (χ0n) is 13.4. The Labute approximate surface area is 149 Å². The van der Waals surface area contributed by atoms with Crippen LogP contribution in [0.4, 0.5) is 21.5 Å². The Bertz CT molecular complexity index is 913. The van der Waals surface area contributed by atoms with Crippen molar-refractivity contribution >= 4 is 34.6 Å². The van der Waals surface area contributed by atoms with Gasteiger partial charge in [0.25, 0.3) is 5.91 Å². The van der Waals surface area contributed by atoms with Gasteiger partial charge in [-0.05, 0) is 55.0 Å². The molecule has 0 aliphatic rings. The summed E-state index contributed by atoms with van der Waals surface area (Å²) in [5, 5.41) is 6.44. The van der Waals surface area contributed by atoms with E-state index in [1.807, 2.05) is 25.1 Å². The minimum Gasteiger partial charge on any atom is -0.354 e. The second-order valence-corrected chi connectivity index (χ2v) is 5.89. The molecule has 0 radical (unpaired) electrons. The summed E-state index contributed by atoms with van der Waals surface area (Å²) in [6.07, 6.45) is 1.55. The van der Waals surface area contributed by atoms with E-state index in [0.717, 1.165) is 16.9 Å². The summed E-state index contributed by atoms with van der Waals surface area (Å²) < 4.78 is 13.1. The molecule has 126 valence electrons. The molecule has 4 nitrogen and oxygen atoms in total. The van der Waals surface area contributed by atoms with Crippen LogP contribution in [0.2, 0.25) is 5.02 Å². The monoisotopic (exact) mass is 355 g/mol. The average molecular weight is 356 g/mol. The van der Waals surface area contributed by atoms with E-state index in [9.17, 15) is 9.18 Å². The molecule has 0 fully saturated rings. The Morgan fingerprint density at radius 3 is 2.52 bits per heavy atom. The van der Waals surface area contributed by atoms with E-state index in [0.29, 0.717) is 10.7 Å². The predicted molar refractivity (Wildman–Crippen MR) is 98.1 cm³/mol. The summed E-state index contributed by atoms with van der Waals surface area (Å²) >= 11 is 6.10. The molecular formula is C19H15ClFN3O. The minimum atomic E-state index is -0.415. The Hall–Kier alpha value is -2.92. The van der Waals surface area contributed by atoms with Gasteiger partial charge in [-0.15, -0.1) is 0 Å². The number of carbonyl (C=O) groups excluding carboxylic acids is 1. The van der Waals surface area contributed by atoms with Crippen LogP contribution < -0.4 is 10.6 Å². The predicted octanol–water partition coefficient (Wildman–Crippen LogP) is 5.18. The van der Waals surface area contributed by atoms with Crippen molar-refractivity contribution in [1.82, 2.24) is 4.98 Å². The van der Waals surface area contributed by atoms with Gasteiger partial charge in [0.1, 0.15) is 11.5 Å². The maximum Gasteiger partial charge on any atom is 0.274 e. The fourth-order valence-corrected chi connectivity index (χ4v) is 2.38. The molecule has 1 heterocycles. The lowest BCUT2D eigenvalue weighted by molar-refractivity contribution is 0.102. The number of amides is 1. The second-order valence-electron chi connectivity index (χ2n) is 5.49. The van der Waals surface area contributed by atoms with E-state index in [2.05, 4.69) is 15.6 Å². The van der Waals surface area contributed by atoms with Crippen molar-refractivity contribution in [3.8, 4) is 0 Å². The molecule has 0 spiro atoms. The van der Waals surface area contributed by atoms with Crippen molar-refractivity contribution in [1.29, 1.82) is 0 Å². The summed E-state index contributed by atoms with van der Waals surface area (Å²) in [5.74, 6) is -0.822. The minimum absolute atomic E-state index is 0.233. The van der Waals surface area contributed by atoms with Gasteiger partial charge in [-0.2, -0.15) is 0 Å². The molecule has 1 aromatic heterocycles. The van der Waals surface area contributed by atoms with Gasteiger partial charge in [0, 0.05) is 16.4 Å². The number of hydrogen-bond acceptors (Lipinski definition) is 3. The van der Waals surface area contributed by atoms with Gasteiger partial charge in [-0.25, -0.2) is 9.37 Å². The first-order valence-corrected chi connectivity index (χ1v) is 7.95.